The van der Waals surface area contributed by atoms with Gasteiger partial charge in [0.25, 0.3) is 0 Å². The molecule has 0 aliphatic rings. The molecular weight excluding hydrogens is 327 g/mol. The SMILES string of the molecule is NC(CC(Sc1cc(Cl)ccc1Cl)c1ccccc1)=NO. The molecule has 0 bridgehead atoms. The highest BCUT2D eigenvalue weighted by molar-refractivity contribution is 7.99. The fraction of sp³-hybridized carbons (Fsp3) is 0.133. The van der Waals surface area contributed by atoms with Crippen LogP contribution in [0.3, 0.4) is 0 Å². The van der Waals surface area contributed by atoms with Crippen LogP contribution in [0.4, 0.5) is 0 Å². The van der Waals surface area contributed by atoms with Crippen LogP contribution in [0.15, 0.2) is 58.6 Å². The summed E-state index contributed by atoms with van der Waals surface area (Å²) >= 11 is 13.8. The van der Waals surface area contributed by atoms with Gasteiger partial charge in [0.2, 0.25) is 0 Å². The van der Waals surface area contributed by atoms with Gasteiger partial charge in [0, 0.05) is 21.6 Å². The topological polar surface area (TPSA) is 58.6 Å². The molecule has 0 radical (unpaired) electrons. The highest BCUT2D eigenvalue weighted by atomic mass is 35.5. The minimum atomic E-state index is -0.0157. The van der Waals surface area contributed by atoms with Gasteiger partial charge in [0.05, 0.1) is 5.02 Å². The molecule has 0 saturated carbocycles. The first-order chi connectivity index (χ1) is 10.1. The van der Waals surface area contributed by atoms with Crippen LogP contribution in [0.1, 0.15) is 17.2 Å². The van der Waals surface area contributed by atoms with E-state index in [1.54, 1.807) is 12.1 Å². The number of hydrogen-bond acceptors (Lipinski definition) is 3. The van der Waals surface area contributed by atoms with E-state index >= 15 is 0 Å². The number of halogens is 2. The summed E-state index contributed by atoms with van der Waals surface area (Å²) in [6.45, 7) is 0. The lowest BCUT2D eigenvalue weighted by Gasteiger charge is -2.17. The van der Waals surface area contributed by atoms with Gasteiger partial charge < -0.3 is 10.9 Å². The van der Waals surface area contributed by atoms with E-state index in [1.807, 2.05) is 36.4 Å². The Morgan fingerprint density at radius 2 is 1.90 bits per heavy atom. The van der Waals surface area contributed by atoms with E-state index in [1.165, 1.54) is 11.8 Å². The Hall–Kier alpha value is -1.36. The maximum Gasteiger partial charge on any atom is 0.140 e. The Bertz CT molecular complexity index is 635. The fourth-order valence-electron chi connectivity index (χ4n) is 1.85. The number of benzene rings is 2. The third-order valence-corrected chi connectivity index (χ3v) is 4.85. The molecule has 0 aliphatic carbocycles. The monoisotopic (exact) mass is 340 g/mol. The van der Waals surface area contributed by atoms with Crippen LogP contribution in [0.25, 0.3) is 0 Å². The van der Waals surface area contributed by atoms with Gasteiger partial charge in [0.1, 0.15) is 5.84 Å². The van der Waals surface area contributed by atoms with Crippen LogP contribution >= 0.6 is 35.0 Å². The van der Waals surface area contributed by atoms with Crippen molar-refractivity contribution >= 4 is 40.8 Å². The first kappa shape index (κ1) is 16.0. The maximum absolute atomic E-state index is 8.80. The lowest BCUT2D eigenvalue weighted by atomic mass is 10.1. The van der Waals surface area contributed by atoms with Gasteiger partial charge in [0.15, 0.2) is 0 Å². The molecule has 0 aliphatic heterocycles. The zero-order chi connectivity index (χ0) is 15.2. The van der Waals surface area contributed by atoms with Crippen LogP contribution in [0, 0.1) is 0 Å². The molecule has 6 heteroatoms. The smallest absolute Gasteiger partial charge is 0.140 e. The molecule has 0 saturated heterocycles. The molecule has 21 heavy (non-hydrogen) atoms. The van der Waals surface area contributed by atoms with Crippen molar-refractivity contribution in [3.05, 3.63) is 64.1 Å². The molecule has 2 rings (SSSR count). The van der Waals surface area contributed by atoms with Crippen LogP contribution in [-0.2, 0) is 0 Å². The van der Waals surface area contributed by atoms with Crippen molar-refractivity contribution in [2.24, 2.45) is 10.9 Å². The summed E-state index contributed by atoms with van der Waals surface area (Å²) in [5.74, 6) is 0.175. The van der Waals surface area contributed by atoms with Crippen LogP contribution in [0.2, 0.25) is 10.0 Å². The first-order valence-electron chi connectivity index (χ1n) is 6.23. The molecule has 110 valence electrons. The summed E-state index contributed by atoms with van der Waals surface area (Å²) < 4.78 is 0. The van der Waals surface area contributed by atoms with Crippen molar-refractivity contribution in [1.82, 2.24) is 0 Å². The molecule has 2 aromatic rings. The van der Waals surface area contributed by atoms with Gasteiger partial charge in [-0.15, -0.1) is 11.8 Å². The van der Waals surface area contributed by atoms with Crippen molar-refractivity contribution in [1.29, 1.82) is 0 Å². The van der Waals surface area contributed by atoms with Crippen molar-refractivity contribution in [3.63, 3.8) is 0 Å². The molecule has 0 heterocycles. The number of amidine groups is 1. The quantitative estimate of drug-likeness (QED) is 0.266. The average Bonchev–Trinajstić information content (AvgIpc) is 2.51. The average molecular weight is 341 g/mol. The van der Waals surface area contributed by atoms with Gasteiger partial charge >= 0.3 is 0 Å². The lowest BCUT2D eigenvalue weighted by molar-refractivity contribution is 0.317. The van der Waals surface area contributed by atoms with Gasteiger partial charge in [-0.1, -0.05) is 58.7 Å². The van der Waals surface area contributed by atoms with Crippen molar-refractivity contribution in [3.8, 4) is 0 Å². The summed E-state index contributed by atoms with van der Waals surface area (Å²) in [6, 6.07) is 15.2. The molecule has 1 atom stereocenters. The van der Waals surface area contributed by atoms with E-state index in [-0.39, 0.29) is 11.1 Å². The number of nitrogens with two attached hydrogens (primary N) is 1. The zero-order valence-electron chi connectivity index (χ0n) is 11.0. The number of rotatable bonds is 5. The highest BCUT2D eigenvalue weighted by Gasteiger charge is 2.17. The summed E-state index contributed by atoms with van der Waals surface area (Å²) in [4.78, 5) is 0.865. The normalized spacial score (nSPS) is 13.1. The van der Waals surface area contributed by atoms with Gasteiger partial charge in [-0.05, 0) is 23.8 Å². The highest BCUT2D eigenvalue weighted by Crippen LogP contribution is 2.41. The van der Waals surface area contributed by atoms with Crippen molar-refractivity contribution < 1.29 is 5.21 Å². The summed E-state index contributed by atoms with van der Waals surface area (Å²) in [5, 5.41) is 13.1. The summed E-state index contributed by atoms with van der Waals surface area (Å²) in [6.07, 6.45) is 0.411. The molecule has 3 nitrogen and oxygen atoms in total. The lowest BCUT2D eigenvalue weighted by Crippen LogP contribution is -2.14. The third kappa shape index (κ3) is 4.56. The fourth-order valence-corrected chi connectivity index (χ4v) is 3.56. The van der Waals surface area contributed by atoms with E-state index < -0.39 is 0 Å². The third-order valence-electron chi connectivity index (χ3n) is 2.86. The van der Waals surface area contributed by atoms with Crippen LogP contribution in [0.5, 0.6) is 0 Å². The number of oxime groups is 1. The Labute approximate surface area is 137 Å². The van der Waals surface area contributed by atoms with Gasteiger partial charge in [-0.25, -0.2) is 0 Å². The number of thioether (sulfide) groups is 1. The Morgan fingerprint density at radius 1 is 1.19 bits per heavy atom. The molecule has 0 aromatic heterocycles. The molecule has 0 spiro atoms. The van der Waals surface area contributed by atoms with E-state index in [2.05, 4.69) is 5.16 Å². The van der Waals surface area contributed by atoms with Crippen LogP contribution in [-0.4, -0.2) is 11.0 Å². The Kier molecular flexibility index (Phi) is 5.79. The van der Waals surface area contributed by atoms with E-state index in [0.29, 0.717) is 16.5 Å². The number of hydrogen-bond donors (Lipinski definition) is 2. The largest absolute Gasteiger partial charge is 0.409 e. The second-order valence-corrected chi connectivity index (χ2v) is 6.48. The second-order valence-electron chi connectivity index (χ2n) is 4.39. The summed E-state index contributed by atoms with van der Waals surface area (Å²) in [7, 11) is 0. The maximum atomic E-state index is 8.80. The standard InChI is InChI=1S/C15H14Cl2N2OS/c16-11-6-7-12(17)14(8-11)21-13(9-15(18)19-20)10-4-2-1-3-5-10/h1-8,13,20H,9H2,(H2,18,19). The Balaban J connectivity index is 2.29. The molecule has 0 amide bonds. The van der Waals surface area contributed by atoms with Crippen molar-refractivity contribution in [2.75, 3.05) is 0 Å². The van der Waals surface area contributed by atoms with E-state index in [9.17, 15) is 0 Å². The Morgan fingerprint density at radius 3 is 2.57 bits per heavy atom. The predicted octanol–water partition coefficient (Wildman–Crippen LogP) is 4.96. The van der Waals surface area contributed by atoms with Gasteiger partial charge in [-0.3, -0.25) is 0 Å². The second kappa shape index (κ2) is 7.59. The van der Waals surface area contributed by atoms with Gasteiger partial charge in [-0.2, -0.15) is 0 Å². The summed E-state index contributed by atoms with van der Waals surface area (Å²) in [5.41, 5.74) is 6.73. The molecule has 2 aromatic carbocycles. The first-order valence-corrected chi connectivity index (χ1v) is 7.86. The minimum absolute atomic E-state index is 0.0157. The predicted molar refractivity (Wildman–Crippen MR) is 89.5 cm³/mol. The zero-order valence-corrected chi connectivity index (χ0v) is 13.4. The van der Waals surface area contributed by atoms with E-state index in [4.69, 9.17) is 34.1 Å². The van der Waals surface area contributed by atoms with Crippen molar-refractivity contribution in [2.45, 2.75) is 16.6 Å². The molecule has 0 fully saturated rings. The molecule has 1 unspecified atom stereocenters. The minimum Gasteiger partial charge on any atom is -0.409 e. The molecule has 3 N–H and O–H groups in total. The molecular formula is C15H14Cl2N2OS. The van der Waals surface area contributed by atoms with Crippen LogP contribution < -0.4 is 5.73 Å². The number of nitrogens with zero attached hydrogens (tertiary/aromatic N) is 1. The van der Waals surface area contributed by atoms with E-state index in [0.717, 1.165) is 10.5 Å².